The van der Waals surface area contributed by atoms with Crippen LogP contribution in [0.4, 0.5) is 5.13 Å². The Balaban J connectivity index is 2.20. The van der Waals surface area contributed by atoms with Crippen LogP contribution in [-0.2, 0) is 6.54 Å². The minimum atomic E-state index is -0.695. The zero-order chi connectivity index (χ0) is 16.4. The molecule has 0 saturated heterocycles. The molecule has 0 aliphatic carbocycles. The quantitative estimate of drug-likeness (QED) is 0.764. The van der Waals surface area contributed by atoms with Gasteiger partial charge in [0.25, 0.3) is 11.5 Å². The van der Waals surface area contributed by atoms with Gasteiger partial charge >= 0.3 is 0 Å². The van der Waals surface area contributed by atoms with Crippen LogP contribution in [0.3, 0.4) is 0 Å². The van der Waals surface area contributed by atoms with E-state index in [2.05, 4.69) is 15.5 Å². The van der Waals surface area contributed by atoms with E-state index in [9.17, 15) is 14.7 Å². The molecule has 7 nitrogen and oxygen atoms in total. The maximum atomic E-state index is 12.7. The molecule has 1 aromatic carbocycles. The monoisotopic (exact) mass is 330 g/mol. The van der Waals surface area contributed by atoms with E-state index in [1.165, 1.54) is 10.1 Å². The molecule has 2 aromatic heterocycles. The third-order valence-corrected chi connectivity index (χ3v) is 4.01. The minimum Gasteiger partial charge on any atom is -0.506 e. The van der Waals surface area contributed by atoms with E-state index in [-0.39, 0.29) is 16.4 Å². The summed E-state index contributed by atoms with van der Waals surface area (Å²) >= 11 is 1.13. The molecule has 0 saturated carbocycles. The molecule has 0 bridgehead atoms. The molecular formula is C15H14N4O3S. The van der Waals surface area contributed by atoms with Crippen molar-refractivity contribution in [2.75, 3.05) is 5.32 Å². The number of amides is 1. The van der Waals surface area contributed by atoms with Gasteiger partial charge in [-0.15, -0.1) is 10.2 Å². The molecule has 118 valence electrons. The molecule has 0 fully saturated rings. The summed E-state index contributed by atoms with van der Waals surface area (Å²) in [6.45, 7) is 2.40. The van der Waals surface area contributed by atoms with Gasteiger partial charge < -0.3 is 9.67 Å². The van der Waals surface area contributed by atoms with E-state index < -0.39 is 11.5 Å². The summed E-state index contributed by atoms with van der Waals surface area (Å²) < 4.78 is 1.50. The van der Waals surface area contributed by atoms with Gasteiger partial charge in [-0.2, -0.15) is 0 Å². The lowest BCUT2D eigenvalue weighted by Gasteiger charge is -2.13. The van der Waals surface area contributed by atoms with Gasteiger partial charge in [0.2, 0.25) is 5.13 Å². The first-order valence-electron chi connectivity index (χ1n) is 7.05. The number of benzene rings is 1. The van der Waals surface area contributed by atoms with Crippen molar-refractivity contribution in [1.82, 2.24) is 14.8 Å². The zero-order valence-electron chi connectivity index (χ0n) is 12.3. The number of aryl methyl sites for hydroxylation is 1. The molecule has 3 aromatic rings. The highest BCUT2D eigenvalue weighted by atomic mass is 32.1. The van der Waals surface area contributed by atoms with Crippen molar-refractivity contribution in [3.8, 4) is 5.75 Å². The van der Waals surface area contributed by atoms with E-state index in [1.54, 1.807) is 24.3 Å². The molecule has 1 amide bonds. The number of pyridine rings is 1. The van der Waals surface area contributed by atoms with Gasteiger partial charge in [0.1, 0.15) is 16.8 Å². The van der Waals surface area contributed by atoms with Crippen LogP contribution in [0.2, 0.25) is 0 Å². The van der Waals surface area contributed by atoms with Crippen LogP contribution >= 0.6 is 11.3 Å². The zero-order valence-corrected chi connectivity index (χ0v) is 13.1. The molecule has 2 heterocycles. The molecule has 0 atom stereocenters. The number of para-hydroxylation sites is 1. The van der Waals surface area contributed by atoms with Crippen molar-refractivity contribution in [3.63, 3.8) is 0 Å². The summed E-state index contributed by atoms with van der Waals surface area (Å²) in [6, 6.07) is 6.96. The van der Waals surface area contributed by atoms with Crippen molar-refractivity contribution in [2.45, 2.75) is 19.9 Å². The number of nitrogens with zero attached hydrogens (tertiary/aromatic N) is 3. The molecule has 2 N–H and O–H groups in total. The molecule has 0 aliphatic rings. The Labute approximate surface area is 135 Å². The second kappa shape index (κ2) is 6.17. The van der Waals surface area contributed by atoms with Gasteiger partial charge in [-0.3, -0.25) is 14.9 Å². The van der Waals surface area contributed by atoms with E-state index in [1.807, 2.05) is 6.92 Å². The van der Waals surface area contributed by atoms with Gasteiger partial charge in [-0.05, 0) is 18.6 Å². The summed E-state index contributed by atoms with van der Waals surface area (Å²) in [6.07, 6.45) is 0.728. The number of nitrogens with one attached hydrogen (secondary N) is 1. The largest absolute Gasteiger partial charge is 0.506 e. The smallest absolute Gasteiger partial charge is 0.267 e. The third-order valence-electron chi connectivity index (χ3n) is 3.40. The number of fused-ring (bicyclic) bond motifs is 1. The van der Waals surface area contributed by atoms with Crippen LogP contribution in [0.5, 0.6) is 5.75 Å². The van der Waals surface area contributed by atoms with Crippen LogP contribution < -0.4 is 10.9 Å². The van der Waals surface area contributed by atoms with Crippen LogP contribution in [0.15, 0.2) is 34.6 Å². The Hall–Kier alpha value is -2.74. The molecular weight excluding hydrogens is 316 g/mol. The fourth-order valence-electron chi connectivity index (χ4n) is 2.43. The molecule has 0 radical (unpaired) electrons. The van der Waals surface area contributed by atoms with Crippen molar-refractivity contribution in [2.24, 2.45) is 0 Å². The molecule has 23 heavy (non-hydrogen) atoms. The van der Waals surface area contributed by atoms with Crippen LogP contribution in [-0.4, -0.2) is 25.8 Å². The van der Waals surface area contributed by atoms with Crippen LogP contribution in [0.25, 0.3) is 10.9 Å². The summed E-state index contributed by atoms with van der Waals surface area (Å²) in [5.41, 5.74) is 1.26. The first-order chi connectivity index (χ1) is 11.1. The van der Waals surface area contributed by atoms with Gasteiger partial charge in [-0.1, -0.05) is 30.4 Å². The second-order valence-electron chi connectivity index (χ2n) is 4.90. The number of aromatic hydroxyl groups is 1. The Bertz CT molecular complexity index is 918. The third kappa shape index (κ3) is 2.68. The van der Waals surface area contributed by atoms with E-state index in [0.717, 1.165) is 17.8 Å². The number of hydrogen-bond donors (Lipinski definition) is 2. The number of carbonyl (C=O) groups excluding carboxylic acids is 1. The summed E-state index contributed by atoms with van der Waals surface area (Å²) in [5.74, 6) is -1.01. The van der Waals surface area contributed by atoms with Crippen molar-refractivity contribution < 1.29 is 9.90 Å². The number of carbonyl (C=O) groups is 1. The standard InChI is InChI=1S/C15H14N4O3S/c1-2-7-19-10-6-4-3-5-9(10)12(20)11(14(19)22)13(21)17-15-18-16-8-23-15/h3-6,8,20H,2,7H2,1H3,(H,17,18,21). The maximum Gasteiger partial charge on any atom is 0.267 e. The topological polar surface area (TPSA) is 97.1 Å². The number of hydrogen-bond acceptors (Lipinski definition) is 6. The summed E-state index contributed by atoms with van der Waals surface area (Å²) in [4.78, 5) is 25.1. The Morgan fingerprint density at radius 2 is 2.17 bits per heavy atom. The Morgan fingerprint density at radius 1 is 1.39 bits per heavy atom. The highest BCUT2D eigenvalue weighted by Gasteiger charge is 2.22. The summed E-state index contributed by atoms with van der Waals surface area (Å²) in [7, 11) is 0. The highest BCUT2D eigenvalue weighted by molar-refractivity contribution is 7.13. The fourth-order valence-corrected chi connectivity index (χ4v) is 2.87. The van der Waals surface area contributed by atoms with Crippen molar-refractivity contribution in [1.29, 1.82) is 0 Å². The highest BCUT2D eigenvalue weighted by Crippen LogP contribution is 2.27. The number of rotatable bonds is 4. The number of anilines is 1. The second-order valence-corrected chi connectivity index (χ2v) is 5.73. The van der Waals surface area contributed by atoms with Gasteiger partial charge in [-0.25, -0.2) is 0 Å². The van der Waals surface area contributed by atoms with Crippen molar-refractivity contribution in [3.05, 3.63) is 45.7 Å². The Morgan fingerprint density at radius 3 is 2.87 bits per heavy atom. The van der Waals surface area contributed by atoms with Gasteiger partial charge in [0, 0.05) is 11.9 Å². The molecule has 0 spiro atoms. The van der Waals surface area contributed by atoms with Crippen LogP contribution in [0.1, 0.15) is 23.7 Å². The van der Waals surface area contributed by atoms with Gasteiger partial charge in [0.05, 0.1) is 5.52 Å². The van der Waals surface area contributed by atoms with Gasteiger partial charge in [0.15, 0.2) is 0 Å². The molecule has 3 rings (SSSR count). The van der Waals surface area contributed by atoms with E-state index >= 15 is 0 Å². The van der Waals surface area contributed by atoms with E-state index in [0.29, 0.717) is 17.4 Å². The molecule has 8 heteroatoms. The first kappa shape index (κ1) is 15.2. The summed E-state index contributed by atoms with van der Waals surface area (Å²) in [5, 5.41) is 21.0. The lowest BCUT2D eigenvalue weighted by atomic mass is 10.1. The first-order valence-corrected chi connectivity index (χ1v) is 7.93. The number of aromatic nitrogens is 3. The minimum absolute atomic E-state index is 0.268. The normalized spacial score (nSPS) is 10.8. The predicted molar refractivity (Wildman–Crippen MR) is 88.0 cm³/mol. The lowest BCUT2D eigenvalue weighted by Crippen LogP contribution is -2.29. The predicted octanol–water partition coefficient (Wildman–Crippen LogP) is 2.22. The maximum absolute atomic E-state index is 12.7. The average Bonchev–Trinajstić information content (AvgIpc) is 3.04. The van der Waals surface area contributed by atoms with E-state index in [4.69, 9.17) is 0 Å². The lowest BCUT2D eigenvalue weighted by molar-refractivity contribution is 0.102. The average molecular weight is 330 g/mol. The SMILES string of the molecule is CCCn1c(=O)c(C(=O)Nc2nncs2)c(O)c2ccccc21. The fraction of sp³-hybridized carbons (Fsp3) is 0.200. The Kier molecular flexibility index (Phi) is 4.07. The van der Waals surface area contributed by atoms with Crippen molar-refractivity contribution >= 4 is 33.3 Å². The van der Waals surface area contributed by atoms with Crippen LogP contribution in [0, 0.1) is 0 Å². The molecule has 0 aliphatic heterocycles. The molecule has 0 unspecified atom stereocenters.